The van der Waals surface area contributed by atoms with Gasteiger partial charge in [0.25, 0.3) is 0 Å². The van der Waals surface area contributed by atoms with Gasteiger partial charge in [-0.15, -0.1) is 0 Å². The van der Waals surface area contributed by atoms with Crippen LogP contribution in [0.15, 0.2) is 24.3 Å². The molecule has 2 saturated heterocycles. The third kappa shape index (κ3) is 4.19. The smallest absolute Gasteiger partial charge is 0.493 e. The highest BCUT2D eigenvalue weighted by molar-refractivity contribution is 6.62. The molecule has 1 aromatic rings. The van der Waals surface area contributed by atoms with Crippen molar-refractivity contribution >= 4 is 18.7 Å². The molecule has 30 heavy (non-hydrogen) atoms. The van der Waals surface area contributed by atoms with Gasteiger partial charge in [0.1, 0.15) is 11.4 Å². The van der Waals surface area contributed by atoms with Gasteiger partial charge in [0.15, 0.2) is 0 Å². The van der Waals surface area contributed by atoms with E-state index in [-0.39, 0.29) is 24.4 Å². The lowest BCUT2D eigenvalue weighted by molar-refractivity contribution is 0.00578. The fraction of sp³-hybridized carbons (Fsp3) is 0.696. The summed E-state index contributed by atoms with van der Waals surface area (Å²) in [5.41, 5.74) is -0.135. The van der Waals surface area contributed by atoms with E-state index in [2.05, 4.69) is 27.7 Å². The largest absolute Gasteiger partial charge is 0.494 e. The maximum atomic E-state index is 12.2. The average molecular weight is 415 g/mol. The van der Waals surface area contributed by atoms with Crippen LogP contribution in [0, 0.1) is 17.8 Å². The molecule has 164 valence electrons. The Morgan fingerprint density at radius 3 is 2.10 bits per heavy atom. The molecule has 0 radical (unpaired) electrons. The average Bonchev–Trinajstić information content (AvgIpc) is 2.96. The molecule has 4 rings (SSSR count). The Hall–Kier alpha value is -1.73. The second-order valence-corrected chi connectivity index (χ2v) is 10.8. The first kappa shape index (κ1) is 21.5. The molecule has 1 unspecified atom stereocenters. The van der Waals surface area contributed by atoms with Gasteiger partial charge < -0.3 is 23.7 Å². The summed E-state index contributed by atoms with van der Waals surface area (Å²) in [6, 6.07) is 7.97. The van der Waals surface area contributed by atoms with Gasteiger partial charge in [0.05, 0.1) is 17.8 Å². The van der Waals surface area contributed by atoms with E-state index in [1.54, 1.807) is 0 Å². The fourth-order valence-corrected chi connectivity index (χ4v) is 4.26. The first-order valence-electron chi connectivity index (χ1n) is 10.9. The van der Waals surface area contributed by atoms with Gasteiger partial charge in [-0.05, 0) is 77.9 Å². The van der Waals surface area contributed by atoms with E-state index in [1.807, 2.05) is 49.9 Å². The number of rotatable bonds is 4. The van der Waals surface area contributed by atoms with Gasteiger partial charge in [0.2, 0.25) is 0 Å². The van der Waals surface area contributed by atoms with Crippen LogP contribution in [0.5, 0.6) is 5.75 Å². The molecule has 1 aliphatic carbocycles. The summed E-state index contributed by atoms with van der Waals surface area (Å²) in [6.07, 6.45) is -0.201. The van der Waals surface area contributed by atoms with Crippen LogP contribution in [0.4, 0.5) is 4.79 Å². The van der Waals surface area contributed by atoms with E-state index in [0.29, 0.717) is 24.4 Å². The molecular weight excluding hydrogens is 381 g/mol. The summed E-state index contributed by atoms with van der Waals surface area (Å²) in [5.74, 6) is 2.43. The number of fused-ring (bicyclic) bond motifs is 1. The van der Waals surface area contributed by atoms with E-state index in [9.17, 15) is 4.79 Å². The summed E-state index contributed by atoms with van der Waals surface area (Å²) < 4.78 is 23.7. The number of likely N-dealkylation sites (tertiary alicyclic amines) is 1. The SMILES string of the molecule is CC(C)(C)OC(=O)N1C[C@@H]2C(COc3ccc(B4OC(C)(C)C(C)(C)O4)cc3)[C@@H]2C1. The maximum absolute atomic E-state index is 12.2. The second-order valence-electron chi connectivity index (χ2n) is 10.8. The normalized spacial score (nSPS) is 29.0. The van der Waals surface area contributed by atoms with Crippen LogP contribution in [-0.2, 0) is 14.0 Å². The number of piperidine rings is 1. The Labute approximate surface area is 180 Å². The number of hydrogen-bond acceptors (Lipinski definition) is 5. The van der Waals surface area contributed by atoms with Crippen molar-refractivity contribution in [1.82, 2.24) is 4.90 Å². The van der Waals surface area contributed by atoms with Crippen molar-refractivity contribution in [3.05, 3.63) is 24.3 Å². The van der Waals surface area contributed by atoms with Crippen molar-refractivity contribution in [3.63, 3.8) is 0 Å². The summed E-state index contributed by atoms with van der Waals surface area (Å²) in [4.78, 5) is 14.0. The van der Waals surface area contributed by atoms with E-state index in [0.717, 1.165) is 24.3 Å². The fourth-order valence-electron chi connectivity index (χ4n) is 4.26. The molecule has 2 heterocycles. The van der Waals surface area contributed by atoms with Crippen molar-refractivity contribution in [1.29, 1.82) is 0 Å². The molecule has 2 aliphatic heterocycles. The highest BCUT2D eigenvalue weighted by Gasteiger charge is 2.57. The van der Waals surface area contributed by atoms with Gasteiger partial charge >= 0.3 is 13.2 Å². The minimum atomic E-state index is -0.446. The Bertz CT molecular complexity index is 773. The Morgan fingerprint density at radius 2 is 1.60 bits per heavy atom. The van der Waals surface area contributed by atoms with Crippen molar-refractivity contribution < 1.29 is 23.6 Å². The third-order valence-corrected chi connectivity index (χ3v) is 6.87. The van der Waals surface area contributed by atoms with E-state index < -0.39 is 5.60 Å². The molecule has 3 aliphatic rings. The van der Waals surface area contributed by atoms with Crippen molar-refractivity contribution in [3.8, 4) is 5.75 Å². The molecule has 6 nitrogen and oxygen atoms in total. The van der Waals surface area contributed by atoms with E-state index in [1.165, 1.54) is 0 Å². The van der Waals surface area contributed by atoms with Gasteiger partial charge in [-0.1, -0.05) is 12.1 Å². The van der Waals surface area contributed by atoms with Gasteiger partial charge in [-0.3, -0.25) is 0 Å². The number of benzene rings is 1. The van der Waals surface area contributed by atoms with Crippen LogP contribution in [-0.4, -0.2) is 54.6 Å². The first-order chi connectivity index (χ1) is 13.9. The maximum Gasteiger partial charge on any atom is 0.494 e. The lowest BCUT2D eigenvalue weighted by atomic mass is 9.79. The summed E-state index contributed by atoms with van der Waals surface area (Å²) in [5, 5.41) is 0. The highest BCUT2D eigenvalue weighted by Crippen LogP contribution is 2.52. The molecule has 0 aromatic heterocycles. The predicted molar refractivity (Wildman–Crippen MR) is 116 cm³/mol. The molecule has 7 heteroatoms. The van der Waals surface area contributed by atoms with Gasteiger partial charge in [-0.25, -0.2) is 4.79 Å². The zero-order valence-electron chi connectivity index (χ0n) is 19.2. The van der Waals surface area contributed by atoms with Crippen molar-refractivity contribution in [2.45, 2.75) is 65.3 Å². The number of amides is 1. The van der Waals surface area contributed by atoms with Crippen molar-refractivity contribution in [2.24, 2.45) is 17.8 Å². The number of hydrogen-bond donors (Lipinski definition) is 0. The Balaban J connectivity index is 1.24. The number of nitrogens with zero attached hydrogens (tertiary/aromatic N) is 1. The second kappa shape index (κ2) is 7.16. The molecule has 1 aromatic carbocycles. The number of ether oxygens (including phenoxy) is 2. The Kier molecular flexibility index (Phi) is 5.13. The van der Waals surface area contributed by atoms with Crippen LogP contribution in [0.1, 0.15) is 48.5 Å². The van der Waals surface area contributed by atoms with Crippen LogP contribution in [0.2, 0.25) is 0 Å². The standard InChI is InChI=1S/C23H34BNO5/c1-21(2,3)28-20(26)25-12-17-18(13-25)19(17)14-27-16-10-8-15(9-11-16)24-29-22(4,5)23(6,7)30-24/h8-11,17-19H,12-14H2,1-7H3/t17-,18+,19?. The van der Waals surface area contributed by atoms with Crippen LogP contribution in [0.25, 0.3) is 0 Å². The first-order valence-corrected chi connectivity index (χ1v) is 10.9. The molecule has 0 N–H and O–H groups in total. The molecule has 3 fully saturated rings. The van der Waals surface area contributed by atoms with Gasteiger partial charge in [-0.2, -0.15) is 0 Å². The summed E-state index contributed by atoms with van der Waals surface area (Å²) in [7, 11) is -0.356. The Morgan fingerprint density at radius 1 is 1.07 bits per heavy atom. The molecule has 3 atom stereocenters. The topological polar surface area (TPSA) is 57.2 Å². The van der Waals surface area contributed by atoms with Crippen LogP contribution >= 0.6 is 0 Å². The zero-order chi connectivity index (χ0) is 21.9. The molecule has 1 saturated carbocycles. The predicted octanol–water partition coefficient (Wildman–Crippen LogP) is 3.48. The molecule has 1 amide bonds. The minimum absolute atomic E-state index is 0.201. The van der Waals surface area contributed by atoms with Gasteiger partial charge in [0, 0.05) is 19.0 Å². The van der Waals surface area contributed by atoms with E-state index >= 15 is 0 Å². The molecular formula is C23H34BNO5. The molecule has 0 bridgehead atoms. The number of carbonyl (C=O) groups excluding carboxylic acids is 1. The summed E-state index contributed by atoms with van der Waals surface area (Å²) in [6.45, 7) is 16.2. The third-order valence-electron chi connectivity index (χ3n) is 6.87. The van der Waals surface area contributed by atoms with E-state index in [4.69, 9.17) is 18.8 Å². The monoisotopic (exact) mass is 415 g/mol. The lowest BCUT2D eigenvalue weighted by Crippen LogP contribution is -2.41. The van der Waals surface area contributed by atoms with Crippen LogP contribution < -0.4 is 10.2 Å². The minimum Gasteiger partial charge on any atom is -0.493 e. The quantitative estimate of drug-likeness (QED) is 0.705. The summed E-state index contributed by atoms with van der Waals surface area (Å²) >= 11 is 0. The molecule has 0 spiro atoms. The highest BCUT2D eigenvalue weighted by atomic mass is 16.7. The van der Waals surface area contributed by atoms with Crippen molar-refractivity contribution in [2.75, 3.05) is 19.7 Å². The van der Waals surface area contributed by atoms with Crippen LogP contribution in [0.3, 0.4) is 0 Å². The zero-order valence-corrected chi connectivity index (χ0v) is 19.2. The lowest BCUT2D eigenvalue weighted by Gasteiger charge is -2.32. The number of carbonyl (C=O) groups is 1.